The average molecular weight is 221 g/mol. The molecule has 1 aromatic rings. The van der Waals surface area contributed by atoms with Gasteiger partial charge >= 0.3 is 0 Å². The first-order chi connectivity index (χ1) is 7.41. The lowest BCUT2D eigenvalue weighted by Gasteiger charge is -2.20. The second-order valence-corrected chi connectivity index (χ2v) is 4.60. The summed E-state index contributed by atoms with van der Waals surface area (Å²) < 4.78 is 0. The summed E-state index contributed by atoms with van der Waals surface area (Å²) in [6.07, 6.45) is 0. The molecular formula is C13H19NO2. The number of carbonyl (C=O) groups is 1. The molecule has 0 aromatic heterocycles. The number of hydrogen-bond acceptors (Lipinski definition) is 2. The Hall–Kier alpha value is -1.51. The lowest BCUT2D eigenvalue weighted by Crippen LogP contribution is -2.30. The van der Waals surface area contributed by atoms with Gasteiger partial charge in [-0.2, -0.15) is 0 Å². The fourth-order valence-electron chi connectivity index (χ4n) is 1.66. The quantitative estimate of drug-likeness (QED) is 0.851. The number of carbonyl (C=O) groups excluding carboxylic acids is 1. The van der Waals surface area contributed by atoms with Crippen LogP contribution in [0.15, 0.2) is 18.2 Å². The highest BCUT2D eigenvalue weighted by atomic mass is 16.3. The molecule has 0 heterocycles. The molecular weight excluding hydrogens is 202 g/mol. The number of aryl methyl sites for hydroxylation is 1. The third kappa shape index (κ3) is 2.99. The summed E-state index contributed by atoms with van der Waals surface area (Å²) in [4.78, 5) is 13.7. The molecule has 0 unspecified atom stereocenters. The molecule has 1 N–H and O–H groups in total. The molecule has 0 saturated carbocycles. The SMILES string of the molecule is Cc1ccc(O)c(C(=O)N(C)CC(C)C)c1. The van der Waals surface area contributed by atoms with Crippen molar-refractivity contribution in [3.05, 3.63) is 29.3 Å². The summed E-state index contributed by atoms with van der Waals surface area (Å²) in [5.74, 6) is 0.335. The Balaban J connectivity index is 2.91. The molecule has 0 spiro atoms. The van der Waals surface area contributed by atoms with Crippen LogP contribution in [0.25, 0.3) is 0 Å². The van der Waals surface area contributed by atoms with Gasteiger partial charge in [0, 0.05) is 13.6 Å². The maximum absolute atomic E-state index is 12.0. The van der Waals surface area contributed by atoms with E-state index in [2.05, 4.69) is 13.8 Å². The van der Waals surface area contributed by atoms with Crippen LogP contribution in [0, 0.1) is 12.8 Å². The fourth-order valence-corrected chi connectivity index (χ4v) is 1.66. The number of amides is 1. The van der Waals surface area contributed by atoms with Gasteiger partial charge in [0.05, 0.1) is 5.56 Å². The van der Waals surface area contributed by atoms with Gasteiger partial charge < -0.3 is 10.0 Å². The minimum atomic E-state index is -0.130. The van der Waals surface area contributed by atoms with Crippen LogP contribution in [0.5, 0.6) is 5.75 Å². The fraction of sp³-hybridized carbons (Fsp3) is 0.462. The molecule has 0 saturated heterocycles. The Kier molecular flexibility index (Phi) is 3.93. The maximum Gasteiger partial charge on any atom is 0.257 e. The molecule has 1 rings (SSSR count). The normalized spacial score (nSPS) is 10.6. The van der Waals surface area contributed by atoms with E-state index in [1.807, 2.05) is 6.92 Å². The van der Waals surface area contributed by atoms with Crippen LogP contribution in [0.2, 0.25) is 0 Å². The summed E-state index contributed by atoms with van der Waals surface area (Å²) in [6, 6.07) is 5.06. The van der Waals surface area contributed by atoms with Gasteiger partial charge in [-0.3, -0.25) is 4.79 Å². The lowest BCUT2D eigenvalue weighted by molar-refractivity contribution is 0.0776. The van der Waals surface area contributed by atoms with E-state index in [-0.39, 0.29) is 11.7 Å². The third-order valence-electron chi connectivity index (χ3n) is 2.37. The lowest BCUT2D eigenvalue weighted by atomic mass is 10.1. The largest absolute Gasteiger partial charge is 0.507 e. The third-order valence-corrected chi connectivity index (χ3v) is 2.37. The first-order valence-electron chi connectivity index (χ1n) is 5.47. The molecule has 3 nitrogen and oxygen atoms in total. The van der Waals surface area contributed by atoms with E-state index >= 15 is 0 Å². The second kappa shape index (κ2) is 5.01. The van der Waals surface area contributed by atoms with Gasteiger partial charge in [0.15, 0.2) is 0 Å². The van der Waals surface area contributed by atoms with Gasteiger partial charge in [-0.05, 0) is 25.0 Å². The molecule has 88 valence electrons. The number of rotatable bonds is 3. The highest BCUT2D eigenvalue weighted by Gasteiger charge is 2.16. The van der Waals surface area contributed by atoms with Crippen molar-refractivity contribution in [1.29, 1.82) is 0 Å². The summed E-state index contributed by atoms with van der Waals surface area (Å²) in [5, 5.41) is 9.64. The van der Waals surface area contributed by atoms with Crippen molar-refractivity contribution < 1.29 is 9.90 Å². The predicted molar refractivity (Wildman–Crippen MR) is 64.6 cm³/mol. The molecule has 1 aromatic carbocycles. The number of hydrogen-bond donors (Lipinski definition) is 1. The Bertz CT molecular complexity index is 386. The van der Waals surface area contributed by atoms with Crippen molar-refractivity contribution in [3.8, 4) is 5.75 Å². The van der Waals surface area contributed by atoms with Crippen molar-refractivity contribution in [2.75, 3.05) is 13.6 Å². The van der Waals surface area contributed by atoms with Crippen molar-refractivity contribution >= 4 is 5.91 Å². The van der Waals surface area contributed by atoms with E-state index in [0.29, 0.717) is 18.0 Å². The molecule has 0 atom stereocenters. The van der Waals surface area contributed by atoms with Crippen molar-refractivity contribution in [1.82, 2.24) is 4.90 Å². The topological polar surface area (TPSA) is 40.5 Å². The number of nitrogens with zero attached hydrogens (tertiary/aromatic N) is 1. The summed E-state index contributed by atoms with van der Waals surface area (Å²) >= 11 is 0. The molecule has 1 amide bonds. The van der Waals surface area contributed by atoms with Gasteiger partial charge in [-0.15, -0.1) is 0 Å². The van der Waals surface area contributed by atoms with E-state index < -0.39 is 0 Å². The minimum Gasteiger partial charge on any atom is -0.507 e. The molecule has 0 radical (unpaired) electrons. The summed E-state index contributed by atoms with van der Waals surface area (Å²) in [5.41, 5.74) is 1.35. The first kappa shape index (κ1) is 12.6. The second-order valence-electron chi connectivity index (χ2n) is 4.60. The zero-order valence-corrected chi connectivity index (χ0v) is 10.3. The molecule has 0 aliphatic heterocycles. The monoisotopic (exact) mass is 221 g/mol. The van der Waals surface area contributed by atoms with Crippen molar-refractivity contribution in [2.45, 2.75) is 20.8 Å². The van der Waals surface area contributed by atoms with Gasteiger partial charge in [0.25, 0.3) is 5.91 Å². The van der Waals surface area contributed by atoms with Crippen molar-refractivity contribution in [3.63, 3.8) is 0 Å². The molecule has 0 aliphatic carbocycles. The van der Waals surface area contributed by atoms with Gasteiger partial charge in [0.2, 0.25) is 0 Å². The zero-order valence-electron chi connectivity index (χ0n) is 10.3. The highest BCUT2D eigenvalue weighted by Crippen LogP contribution is 2.19. The molecule has 0 fully saturated rings. The van der Waals surface area contributed by atoms with Gasteiger partial charge in [-0.1, -0.05) is 25.5 Å². The first-order valence-corrected chi connectivity index (χ1v) is 5.47. The van der Waals surface area contributed by atoms with Crippen LogP contribution >= 0.6 is 0 Å². The predicted octanol–water partition coefficient (Wildman–Crippen LogP) is 2.43. The Morgan fingerprint density at radius 1 is 1.44 bits per heavy atom. The van der Waals surface area contributed by atoms with Crippen LogP contribution < -0.4 is 0 Å². The maximum atomic E-state index is 12.0. The van der Waals surface area contributed by atoms with E-state index in [1.165, 1.54) is 0 Å². The number of benzene rings is 1. The van der Waals surface area contributed by atoms with Crippen molar-refractivity contribution in [2.24, 2.45) is 5.92 Å². The standard InChI is InChI=1S/C13H19NO2/c1-9(2)8-14(4)13(16)11-7-10(3)5-6-12(11)15/h5-7,9,15H,8H2,1-4H3. The smallest absolute Gasteiger partial charge is 0.257 e. The Morgan fingerprint density at radius 3 is 2.62 bits per heavy atom. The zero-order chi connectivity index (χ0) is 12.3. The van der Waals surface area contributed by atoms with Gasteiger partial charge in [-0.25, -0.2) is 0 Å². The van der Waals surface area contributed by atoms with E-state index in [0.717, 1.165) is 5.56 Å². The molecule has 0 bridgehead atoms. The van der Waals surface area contributed by atoms with E-state index in [4.69, 9.17) is 0 Å². The van der Waals surface area contributed by atoms with Crippen LogP contribution in [-0.4, -0.2) is 29.5 Å². The Morgan fingerprint density at radius 2 is 2.06 bits per heavy atom. The molecule has 3 heteroatoms. The van der Waals surface area contributed by atoms with E-state index in [9.17, 15) is 9.90 Å². The molecule has 0 aliphatic rings. The molecule has 16 heavy (non-hydrogen) atoms. The highest BCUT2D eigenvalue weighted by molar-refractivity contribution is 5.96. The van der Waals surface area contributed by atoms with Crippen LogP contribution in [-0.2, 0) is 0 Å². The van der Waals surface area contributed by atoms with Crippen LogP contribution in [0.3, 0.4) is 0 Å². The number of phenolic OH excluding ortho intramolecular Hbond substituents is 1. The van der Waals surface area contributed by atoms with Crippen LogP contribution in [0.1, 0.15) is 29.8 Å². The minimum absolute atomic E-state index is 0.0474. The average Bonchev–Trinajstić information content (AvgIpc) is 2.19. The number of aromatic hydroxyl groups is 1. The van der Waals surface area contributed by atoms with Crippen LogP contribution in [0.4, 0.5) is 0 Å². The summed E-state index contributed by atoms with van der Waals surface area (Å²) in [6.45, 7) is 6.70. The van der Waals surface area contributed by atoms with E-state index in [1.54, 1.807) is 30.1 Å². The summed E-state index contributed by atoms with van der Waals surface area (Å²) in [7, 11) is 1.75. The van der Waals surface area contributed by atoms with Gasteiger partial charge in [0.1, 0.15) is 5.75 Å². The Labute approximate surface area is 96.7 Å². The number of phenols is 1.